The normalized spacial score (nSPS) is 10.7. The van der Waals surface area contributed by atoms with Crippen LogP contribution < -0.4 is 0 Å². The molecule has 116 valence electrons. The van der Waals surface area contributed by atoms with Crippen molar-refractivity contribution >= 4 is 28.5 Å². The summed E-state index contributed by atoms with van der Waals surface area (Å²) in [6, 6.07) is 12.7. The van der Waals surface area contributed by atoms with Crippen LogP contribution in [0.5, 0.6) is 0 Å². The van der Waals surface area contributed by atoms with E-state index >= 15 is 0 Å². The van der Waals surface area contributed by atoms with Gasteiger partial charge in [-0.15, -0.1) is 0 Å². The number of para-hydroxylation sites is 1. The van der Waals surface area contributed by atoms with E-state index in [0.29, 0.717) is 27.9 Å². The number of carbonyl (C=O) groups is 1. The molecule has 0 spiro atoms. The van der Waals surface area contributed by atoms with Crippen molar-refractivity contribution in [2.75, 3.05) is 6.61 Å². The molecule has 0 atom stereocenters. The molecule has 0 aliphatic heterocycles. The van der Waals surface area contributed by atoms with E-state index in [9.17, 15) is 4.79 Å². The zero-order valence-electron chi connectivity index (χ0n) is 12.5. The van der Waals surface area contributed by atoms with Crippen LogP contribution in [0.2, 0.25) is 0 Å². The molecule has 0 unspecified atom stereocenters. The van der Waals surface area contributed by atoms with E-state index in [4.69, 9.17) is 20.8 Å². The Labute approximate surface area is 138 Å². The molecule has 0 bridgehead atoms. The van der Waals surface area contributed by atoms with Crippen LogP contribution in [0, 0.1) is 6.92 Å². The smallest absolute Gasteiger partial charge is 0.339 e. The Hall–Kier alpha value is -2.59. The number of nitrogens with zero attached hydrogens (tertiary/aromatic N) is 1. The van der Waals surface area contributed by atoms with Gasteiger partial charge in [0.2, 0.25) is 0 Å². The quantitative estimate of drug-likeness (QED) is 0.651. The highest BCUT2D eigenvalue weighted by Crippen LogP contribution is 2.26. The van der Waals surface area contributed by atoms with E-state index < -0.39 is 5.97 Å². The molecule has 3 rings (SSSR count). The SMILES string of the molecule is C=C(Cl)COC(=O)c1cc(-c2ccc(C)o2)nc2ccccc12. The maximum Gasteiger partial charge on any atom is 0.339 e. The van der Waals surface area contributed by atoms with Crippen molar-refractivity contribution in [2.24, 2.45) is 0 Å². The van der Waals surface area contributed by atoms with Crippen LogP contribution in [-0.2, 0) is 4.74 Å². The third-order valence-electron chi connectivity index (χ3n) is 3.29. The summed E-state index contributed by atoms with van der Waals surface area (Å²) in [4.78, 5) is 16.9. The number of benzene rings is 1. The van der Waals surface area contributed by atoms with Crippen LogP contribution in [0.4, 0.5) is 0 Å². The Bertz CT molecular complexity index is 898. The fourth-order valence-electron chi connectivity index (χ4n) is 2.26. The Morgan fingerprint density at radius 2 is 2.09 bits per heavy atom. The van der Waals surface area contributed by atoms with Gasteiger partial charge < -0.3 is 9.15 Å². The van der Waals surface area contributed by atoms with Crippen LogP contribution in [0.25, 0.3) is 22.4 Å². The van der Waals surface area contributed by atoms with Gasteiger partial charge in [-0.25, -0.2) is 9.78 Å². The predicted molar refractivity (Wildman–Crippen MR) is 89.5 cm³/mol. The third kappa shape index (κ3) is 3.27. The number of aromatic nitrogens is 1. The molecule has 5 heteroatoms. The fraction of sp³-hybridized carbons (Fsp3) is 0.111. The largest absolute Gasteiger partial charge is 0.460 e. The predicted octanol–water partition coefficient (Wildman–Crippen LogP) is 4.71. The maximum absolute atomic E-state index is 12.4. The molecule has 0 fully saturated rings. The number of pyridine rings is 1. The topological polar surface area (TPSA) is 52.3 Å². The molecule has 1 aromatic carbocycles. The molecule has 0 N–H and O–H groups in total. The number of carbonyl (C=O) groups excluding carboxylic acids is 1. The lowest BCUT2D eigenvalue weighted by Gasteiger charge is -2.08. The summed E-state index contributed by atoms with van der Waals surface area (Å²) in [6.07, 6.45) is 0. The van der Waals surface area contributed by atoms with E-state index in [1.807, 2.05) is 43.3 Å². The molecule has 0 aliphatic carbocycles. The molecule has 4 nitrogen and oxygen atoms in total. The van der Waals surface area contributed by atoms with Gasteiger partial charge in [0.25, 0.3) is 0 Å². The van der Waals surface area contributed by atoms with Gasteiger partial charge in [-0.1, -0.05) is 36.4 Å². The highest BCUT2D eigenvalue weighted by atomic mass is 35.5. The van der Waals surface area contributed by atoms with E-state index in [1.54, 1.807) is 6.07 Å². The number of aryl methyl sites for hydroxylation is 1. The van der Waals surface area contributed by atoms with Gasteiger partial charge in [0, 0.05) is 10.4 Å². The average Bonchev–Trinajstić information content (AvgIpc) is 2.98. The van der Waals surface area contributed by atoms with Gasteiger partial charge in [0.05, 0.1) is 11.1 Å². The Morgan fingerprint density at radius 1 is 1.30 bits per heavy atom. The molecule has 2 heterocycles. The lowest BCUT2D eigenvalue weighted by atomic mass is 10.1. The van der Waals surface area contributed by atoms with Crippen molar-refractivity contribution in [2.45, 2.75) is 6.92 Å². The van der Waals surface area contributed by atoms with Crippen molar-refractivity contribution < 1.29 is 13.9 Å². The second-order valence-electron chi connectivity index (χ2n) is 5.08. The zero-order chi connectivity index (χ0) is 16.4. The minimum Gasteiger partial charge on any atom is -0.460 e. The number of fused-ring (bicyclic) bond motifs is 1. The van der Waals surface area contributed by atoms with Crippen molar-refractivity contribution in [3.05, 3.63) is 65.4 Å². The van der Waals surface area contributed by atoms with Crippen LogP contribution in [0.15, 0.2) is 58.5 Å². The number of rotatable bonds is 4. The number of hydrogen-bond donors (Lipinski definition) is 0. The van der Waals surface area contributed by atoms with Gasteiger partial charge in [0.1, 0.15) is 18.1 Å². The second-order valence-corrected chi connectivity index (χ2v) is 5.61. The zero-order valence-corrected chi connectivity index (χ0v) is 13.3. The molecule has 0 saturated carbocycles. The average molecular weight is 328 g/mol. The molecule has 3 aromatic rings. The second kappa shape index (κ2) is 6.26. The van der Waals surface area contributed by atoms with Crippen molar-refractivity contribution in [1.82, 2.24) is 4.98 Å². The van der Waals surface area contributed by atoms with Gasteiger partial charge in [-0.3, -0.25) is 0 Å². The molecular formula is C18H14ClNO3. The van der Waals surface area contributed by atoms with Crippen LogP contribution in [-0.4, -0.2) is 17.6 Å². The van der Waals surface area contributed by atoms with E-state index in [2.05, 4.69) is 11.6 Å². The summed E-state index contributed by atoms with van der Waals surface area (Å²) in [5, 5.41) is 0.975. The Kier molecular flexibility index (Phi) is 4.17. The minimum absolute atomic E-state index is 0.0355. The summed E-state index contributed by atoms with van der Waals surface area (Å²) in [6.45, 7) is 5.33. The summed E-state index contributed by atoms with van der Waals surface area (Å²) in [7, 11) is 0. The van der Waals surface area contributed by atoms with E-state index in [1.165, 1.54) is 0 Å². The lowest BCUT2D eigenvalue weighted by Crippen LogP contribution is -2.08. The highest BCUT2D eigenvalue weighted by Gasteiger charge is 2.16. The number of esters is 1. The number of hydrogen-bond acceptors (Lipinski definition) is 4. The maximum atomic E-state index is 12.4. The Morgan fingerprint density at radius 3 is 2.78 bits per heavy atom. The molecule has 0 amide bonds. The minimum atomic E-state index is -0.477. The van der Waals surface area contributed by atoms with Crippen LogP contribution in [0.3, 0.4) is 0 Å². The fourth-order valence-corrected chi connectivity index (χ4v) is 2.32. The standard InChI is InChI=1S/C18H14ClNO3/c1-11(19)10-22-18(21)14-9-16(17-8-7-12(2)23-17)20-15-6-4-3-5-13(14)15/h3-9H,1,10H2,2H3. The first-order valence-electron chi connectivity index (χ1n) is 7.01. The molecule has 23 heavy (non-hydrogen) atoms. The summed E-state index contributed by atoms with van der Waals surface area (Å²) in [5.41, 5.74) is 1.68. The number of ether oxygens (including phenoxy) is 1. The summed E-state index contributed by atoms with van der Waals surface area (Å²) < 4.78 is 10.8. The van der Waals surface area contributed by atoms with Gasteiger partial charge in [-0.05, 0) is 31.2 Å². The monoisotopic (exact) mass is 327 g/mol. The lowest BCUT2D eigenvalue weighted by molar-refractivity contribution is 0.0548. The van der Waals surface area contributed by atoms with Crippen LogP contribution >= 0.6 is 11.6 Å². The van der Waals surface area contributed by atoms with Crippen molar-refractivity contribution in [3.8, 4) is 11.5 Å². The molecule has 2 aromatic heterocycles. The first kappa shape index (κ1) is 15.3. The number of furan rings is 1. The van der Waals surface area contributed by atoms with E-state index in [0.717, 1.165) is 5.76 Å². The highest BCUT2D eigenvalue weighted by molar-refractivity contribution is 6.29. The number of halogens is 1. The summed E-state index contributed by atoms with van der Waals surface area (Å²) in [5.74, 6) is 0.900. The molecule has 0 aliphatic rings. The van der Waals surface area contributed by atoms with E-state index in [-0.39, 0.29) is 11.6 Å². The molecular weight excluding hydrogens is 314 g/mol. The molecule has 0 radical (unpaired) electrons. The molecule has 0 saturated heterocycles. The first-order valence-corrected chi connectivity index (χ1v) is 7.39. The van der Waals surface area contributed by atoms with Gasteiger partial charge >= 0.3 is 5.97 Å². The van der Waals surface area contributed by atoms with Crippen molar-refractivity contribution in [1.29, 1.82) is 0 Å². The van der Waals surface area contributed by atoms with Gasteiger partial charge in [-0.2, -0.15) is 0 Å². The van der Waals surface area contributed by atoms with Crippen molar-refractivity contribution in [3.63, 3.8) is 0 Å². The third-order valence-corrected chi connectivity index (χ3v) is 3.40. The Balaban J connectivity index is 2.11. The van der Waals surface area contributed by atoms with Gasteiger partial charge in [0.15, 0.2) is 5.76 Å². The first-order chi connectivity index (χ1) is 11.0. The van der Waals surface area contributed by atoms with Crippen LogP contribution in [0.1, 0.15) is 16.1 Å². The summed E-state index contributed by atoms with van der Waals surface area (Å²) >= 11 is 5.66.